The van der Waals surface area contributed by atoms with Gasteiger partial charge >= 0.3 is 6.03 Å². The highest BCUT2D eigenvalue weighted by molar-refractivity contribution is 6.05. The van der Waals surface area contributed by atoms with Crippen molar-refractivity contribution in [2.45, 2.75) is 39.7 Å². The van der Waals surface area contributed by atoms with Gasteiger partial charge in [-0.05, 0) is 56.5 Å². The molecule has 1 heterocycles. The molecular formula is C21H25N3O2. The van der Waals surface area contributed by atoms with Gasteiger partial charge in [-0.2, -0.15) is 0 Å². The summed E-state index contributed by atoms with van der Waals surface area (Å²) in [6.07, 6.45) is 1.56. The molecule has 2 aromatic carbocycles. The highest BCUT2D eigenvalue weighted by atomic mass is 16.2. The monoisotopic (exact) mass is 351 g/mol. The van der Waals surface area contributed by atoms with Crippen LogP contribution in [0.3, 0.4) is 0 Å². The van der Waals surface area contributed by atoms with E-state index in [1.165, 1.54) is 0 Å². The third-order valence-electron chi connectivity index (χ3n) is 4.81. The number of benzene rings is 2. The van der Waals surface area contributed by atoms with Crippen LogP contribution in [0, 0.1) is 6.92 Å². The van der Waals surface area contributed by atoms with Crippen molar-refractivity contribution in [1.29, 1.82) is 0 Å². The maximum atomic E-state index is 12.7. The Kier molecular flexibility index (Phi) is 5.26. The molecule has 136 valence electrons. The lowest BCUT2D eigenvalue weighted by Gasteiger charge is -2.19. The highest BCUT2D eigenvalue weighted by Gasteiger charge is 2.28. The van der Waals surface area contributed by atoms with Gasteiger partial charge in [0.1, 0.15) is 0 Å². The highest BCUT2D eigenvalue weighted by Crippen LogP contribution is 2.31. The number of urea groups is 1. The van der Waals surface area contributed by atoms with Crippen LogP contribution in [0.15, 0.2) is 42.5 Å². The first-order chi connectivity index (χ1) is 12.5. The average molecular weight is 351 g/mol. The molecule has 1 atom stereocenters. The maximum absolute atomic E-state index is 12.7. The zero-order chi connectivity index (χ0) is 18.7. The third kappa shape index (κ3) is 3.72. The largest absolute Gasteiger partial charge is 0.350 e. The second kappa shape index (κ2) is 7.60. The van der Waals surface area contributed by atoms with Crippen LogP contribution in [0.25, 0.3) is 0 Å². The first-order valence-corrected chi connectivity index (χ1v) is 9.07. The summed E-state index contributed by atoms with van der Waals surface area (Å²) in [5.74, 6) is -0.0722. The van der Waals surface area contributed by atoms with E-state index in [2.05, 4.69) is 10.6 Å². The number of nitrogens with zero attached hydrogens (tertiary/aromatic N) is 1. The first kappa shape index (κ1) is 18.0. The van der Waals surface area contributed by atoms with Gasteiger partial charge in [-0.15, -0.1) is 0 Å². The predicted molar refractivity (Wildman–Crippen MR) is 105 cm³/mol. The number of rotatable bonds is 4. The molecule has 0 unspecified atom stereocenters. The van der Waals surface area contributed by atoms with E-state index in [0.29, 0.717) is 18.5 Å². The van der Waals surface area contributed by atoms with Crippen LogP contribution in [0.4, 0.5) is 16.2 Å². The summed E-state index contributed by atoms with van der Waals surface area (Å²) >= 11 is 0. The second-order valence-corrected chi connectivity index (χ2v) is 6.78. The standard InChI is InChI=1S/C21H25N3O2/c1-4-15(3)22-20(25)18-6-5-7-19-17(18)12-13-24(19)21(26)23-16-10-8-14(2)9-11-16/h5-11,15H,4,12-13H2,1-3H3,(H,22,25)(H,23,26)/t15-/m0/s1. The Morgan fingerprint density at radius 2 is 1.88 bits per heavy atom. The zero-order valence-corrected chi connectivity index (χ0v) is 15.5. The number of aryl methyl sites for hydroxylation is 1. The number of fused-ring (bicyclic) bond motifs is 1. The molecule has 5 heteroatoms. The summed E-state index contributed by atoms with van der Waals surface area (Å²) in [5, 5.41) is 5.94. The Hall–Kier alpha value is -2.82. The summed E-state index contributed by atoms with van der Waals surface area (Å²) < 4.78 is 0. The minimum atomic E-state index is -0.174. The molecule has 2 N–H and O–H groups in total. The molecule has 0 spiro atoms. The molecule has 3 amide bonds. The molecule has 0 aromatic heterocycles. The normalized spacial score (nSPS) is 13.9. The SMILES string of the molecule is CC[C@H](C)NC(=O)c1cccc2c1CCN2C(=O)Nc1ccc(C)cc1. The Labute approximate surface area is 154 Å². The van der Waals surface area contributed by atoms with Gasteiger partial charge in [-0.3, -0.25) is 9.69 Å². The van der Waals surface area contributed by atoms with Crippen LogP contribution in [-0.4, -0.2) is 24.5 Å². The van der Waals surface area contributed by atoms with E-state index < -0.39 is 0 Å². The molecule has 3 rings (SSSR count). The molecule has 26 heavy (non-hydrogen) atoms. The lowest BCUT2D eigenvalue weighted by Crippen LogP contribution is -2.33. The van der Waals surface area contributed by atoms with Crippen LogP contribution >= 0.6 is 0 Å². The third-order valence-corrected chi connectivity index (χ3v) is 4.81. The maximum Gasteiger partial charge on any atom is 0.326 e. The fraction of sp³-hybridized carbons (Fsp3) is 0.333. The van der Waals surface area contributed by atoms with Crippen molar-refractivity contribution in [3.05, 3.63) is 59.2 Å². The molecule has 0 radical (unpaired) electrons. The van der Waals surface area contributed by atoms with Gasteiger partial charge in [-0.25, -0.2) is 4.79 Å². The van der Waals surface area contributed by atoms with Gasteiger partial charge in [0.05, 0.1) is 0 Å². The van der Waals surface area contributed by atoms with Crippen LogP contribution in [0.5, 0.6) is 0 Å². The first-order valence-electron chi connectivity index (χ1n) is 9.07. The molecule has 0 saturated heterocycles. The molecule has 2 aromatic rings. The molecule has 0 bridgehead atoms. The van der Waals surface area contributed by atoms with Gasteiger partial charge in [0.25, 0.3) is 5.91 Å². The van der Waals surface area contributed by atoms with Crippen molar-refractivity contribution in [3.63, 3.8) is 0 Å². The van der Waals surface area contributed by atoms with Crippen molar-refractivity contribution in [2.75, 3.05) is 16.8 Å². The Morgan fingerprint density at radius 3 is 2.58 bits per heavy atom. The molecular weight excluding hydrogens is 326 g/mol. The minimum absolute atomic E-state index is 0.0722. The Balaban J connectivity index is 1.79. The fourth-order valence-electron chi connectivity index (χ4n) is 3.09. The van der Waals surface area contributed by atoms with E-state index in [4.69, 9.17) is 0 Å². The molecule has 0 saturated carbocycles. The number of hydrogen-bond donors (Lipinski definition) is 2. The summed E-state index contributed by atoms with van der Waals surface area (Å²) in [5.41, 5.74) is 4.32. The summed E-state index contributed by atoms with van der Waals surface area (Å²) in [4.78, 5) is 26.9. The minimum Gasteiger partial charge on any atom is -0.350 e. The van der Waals surface area contributed by atoms with E-state index in [-0.39, 0.29) is 18.0 Å². The number of nitrogens with one attached hydrogen (secondary N) is 2. The van der Waals surface area contributed by atoms with E-state index in [0.717, 1.165) is 28.9 Å². The smallest absolute Gasteiger partial charge is 0.326 e. The number of amides is 3. The second-order valence-electron chi connectivity index (χ2n) is 6.78. The van der Waals surface area contributed by atoms with Gasteiger partial charge in [-0.1, -0.05) is 30.7 Å². The number of carbonyl (C=O) groups is 2. The van der Waals surface area contributed by atoms with E-state index in [1.54, 1.807) is 4.90 Å². The fourth-order valence-corrected chi connectivity index (χ4v) is 3.09. The molecule has 1 aliphatic rings. The van der Waals surface area contributed by atoms with Crippen molar-refractivity contribution in [3.8, 4) is 0 Å². The number of hydrogen-bond acceptors (Lipinski definition) is 2. The van der Waals surface area contributed by atoms with E-state index in [9.17, 15) is 9.59 Å². The van der Waals surface area contributed by atoms with Gasteiger partial charge in [0.15, 0.2) is 0 Å². The van der Waals surface area contributed by atoms with Crippen molar-refractivity contribution in [1.82, 2.24) is 5.32 Å². The molecule has 1 aliphatic heterocycles. The summed E-state index contributed by atoms with van der Waals surface area (Å²) in [7, 11) is 0. The Morgan fingerprint density at radius 1 is 1.15 bits per heavy atom. The van der Waals surface area contributed by atoms with E-state index in [1.807, 2.05) is 63.2 Å². The number of anilines is 2. The van der Waals surface area contributed by atoms with Crippen LogP contribution in [0.2, 0.25) is 0 Å². The van der Waals surface area contributed by atoms with Gasteiger partial charge < -0.3 is 10.6 Å². The zero-order valence-electron chi connectivity index (χ0n) is 15.5. The van der Waals surface area contributed by atoms with Gasteiger partial charge in [0.2, 0.25) is 0 Å². The predicted octanol–water partition coefficient (Wildman–Crippen LogP) is 4.12. The quantitative estimate of drug-likeness (QED) is 0.870. The van der Waals surface area contributed by atoms with Crippen molar-refractivity contribution < 1.29 is 9.59 Å². The van der Waals surface area contributed by atoms with Crippen LogP contribution in [0.1, 0.15) is 41.8 Å². The van der Waals surface area contributed by atoms with E-state index >= 15 is 0 Å². The Bertz CT molecular complexity index is 815. The molecule has 0 aliphatic carbocycles. The van der Waals surface area contributed by atoms with Crippen LogP contribution < -0.4 is 15.5 Å². The molecule has 5 nitrogen and oxygen atoms in total. The van der Waals surface area contributed by atoms with Crippen molar-refractivity contribution in [2.24, 2.45) is 0 Å². The van der Waals surface area contributed by atoms with Crippen molar-refractivity contribution >= 4 is 23.3 Å². The topological polar surface area (TPSA) is 61.4 Å². The number of carbonyl (C=O) groups excluding carboxylic acids is 2. The van der Waals surface area contributed by atoms with Gasteiger partial charge in [0, 0.05) is 29.5 Å². The lowest BCUT2D eigenvalue weighted by atomic mass is 10.0. The molecule has 0 fully saturated rings. The average Bonchev–Trinajstić information content (AvgIpc) is 3.07. The summed E-state index contributed by atoms with van der Waals surface area (Å²) in [6, 6.07) is 13.2. The summed E-state index contributed by atoms with van der Waals surface area (Å²) in [6.45, 7) is 6.61. The lowest BCUT2D eigenvalue weighted by molar-refractivity contribution is 0.0938. The van der Waals surface area contributed by atoms with Crippen LogP contribution in [-0.2, 0) is 6.42 Å².